The summed E-state index contributed by atoms with van der Waals surface area (Å²) in [4.78, 5) is 22.8. The Hall–Kier alpha value is -3.43. The quantitative estimate of drug-likeness (QED) is 0.445. The first-order chi connectivity index (χ1) is 13.8. The minimum Gasteiger partial charge on any atom is -0.322 e. The van der Waals surface area contributed by atoms with Crippen LogP contribution in [0.5, 0.6) is 0 Å². The molecule has 0 aliphatic heterocycles. The van der Waals surface area contributed by atoms with Crippen molar-refractivity contribution in [3.05, 3.63) is 93.5 Å². The Labute approximate surface area is 171 Å². The van der Waals surface area contributed by atoms with Crippen LogP contribution in [0.4, 0.5) is 17.1 Å². The molecule has 8 nitrogen and oxygen atoms in total. The lowest BCUT2D eigenvalue weighted by Crippen LogP contribution is -2.16. The lowest BCUT2D eigenvalue weighted by molar-refractivity contribution is -0.385. The van der Waals surface area contributed by atoms with Crippen molar-refractivity contribution >= 4 is 44.6 Å². The van der Waals surface area contributed by atoms with Gasteiger partial charge < -0.3 is 5.32 Å². The van der Waals surface area contributed by atoms with Gasteiger partial charge >= 0.3 is 0 Å². The minimum atomic E-state index is -3.92. The number of hydrogen-bond donors (Lipinski definition) is 2. The molecule has 0 aromatic heterocycles. The first kappa shape index (κ1) is 20.3. The van der Waals surface area contributed by atoms with Crippen LogP contribution in [0.3, 0.4) is 0 Å². The standard InChI is InChI=1S/C19H14ClN3O5S/c20-13-8-10-14(11-9-13)22-29(27,28)16-5-3-4-15(12-16)21-19(24)17-6-1-2-7-18(17)23(25)26/h1-12,22H,(H,21,24). The maximum atomic E-state index is 12.6. The Kier molecular flexibility index (Phi) is 5.81. The topological polar surface area (TPSA) is 118 Å². The number of nitro benzene ring substituents is 1. The number of nitrogens with one attached hydrogen (secondary N) is 2. The summed E-state index contributed by atoms with van der Waals surface area (Å²) in [5.74, 6) is -0.725. The summed E-state index contributed by atoms with van der Waals surface area (Å²) in [5.41, 5.74) is 0.0131. The van der Waals surface area contributed by atoms with E-state index in [1.54, 1.807) is 12.1 Å². The van der Waals surface area contributed by atoms with Crippen molar-refractivity contribution in [1.82, 2.24) is 0 Å². The zero-order valence-corrected chi connectivity index (χ0v) is 16.3. The molecule has 0 aliphatic rings. The second-order valence-corrected chi connectivity index (χ2v) is 7.99. The highest BCUT2D eigenvalue weighted by Crippen LogP contribution is 2.23. The van der Waals surface area contributed by atoms with E-state index in [1.165, 1.54) is 60.7 Å². The smallest absolute Gasteiger partial charge is 0.282 e. The van der Waals surface area contributed by atoms with Crippen molar-refractivity contribution < 1.29 is 18.1 Å². The first-order valence-electron chi connectivity index (χ1n) is 8.19. The molecule has 0 saturated heterocycles. The van der Waals surface area contributed by atoms with Gasteiger partial charge in [-0.05, 0) is 48.5 Å². The highest BCUT2D eigenvalue weighted by molar-refractivity contribution is 7.92. The summed E-state index contributed by atoms with van der Waals surface area (Å²) in [6.07, 6.45) is 0. The van der Waals surface area contributed by atoms with Crippen molar-refractivity contribution in [2.45, 2.75) is 4.90 Å². The fourth-order valence-electron chi connectivity index (χ4n) is 2.50. The lowest BCUT2D eigenvalue weighted by atomic mass is 10.1. The number of sulfonamides is 1. The fourth-order valence-corrected chi connectivity index (χ4v) is 3.73. The van der Waals surface area contributed by atoms with Crippen molar-refractivity contribution in [3.63, 3.8) is 0 Å². The molecule has 0 radical (unpaired) electrons. The SMILES string of the molecule is O=C(Nc1cccc(S(=O)(=O)Nc2ccc(Cl)cc2)c1)c1ccccc1[N+](=O)[O-]. The zero-order valence-electron chi connectivity index (χ0n) is 14.7. The summed E-state index contributed by atoms with van der Waals surface area (Å²) in [7, 11) is -3.92. The molecule has 1 amide bonds. The number of rotatable bonds is 6. The average Bonchev–Trinajstić information content (AvgIpc) is 2.70. The van der Waals surface area contributed by atoms with Crippen LogP contribution in [0, 0.1) is 10.1 Å². The third kappa shape index (κ3) is 4.89. The number of carbonyl (C=O) groups is 1. The van der Waals surface area contributed by atoms with Crippen molar-refractivity contribution in [2.75, 3.05) is 10.0 Å². The molecule has 2 N–H and O–H groups in total. The number of para-hydroxylation sites is 1. The molecule has 0 heterocycles. The first-order valence-corrected chi connectivity index (χ1v) is 10.1. The Bertz CT molecular complexity index is 1180. The minimum absolute atomic E-state index is 0.0900. The van der Waals surface area contributed by atoms with Gasteiger partial charge in [-0.3, -0.25) is 19.6 Å². The number of hydrogen-bond acceptors (Lipinski definition) is 5. The summed E-state index contributed by atoms with van der Waals surface area (Å²) in [6, 6.07) is 17.1. The Morgan fingerprint density at radius 3 is 2.31 bits per heavy atom. The van der Waals surface area contributed by atoms with E-state index in [4.69, 9.17) is 11.6 Å². The van der Waals surface area contributed by atoms with Crippen LogP contribution in [0.25, 0.3) is 0 Å². The van der Waals surface area contributed by atoms with Gasteiger partial charge in [0.15, 0.2) is 0 Å². The van der Waals surface area contributed by atoms with E-state index in [9.17, 15) is 23.3 Å². The largest absolute Gasteiger partial charge is 0.322 e. The molecule has 0 bridgehead atoms. The Morgan fingerprint density at radius 2 is 1.62 bits per heavy atom. The van der Waals surface area contributed by atoms with Gasteiger partial charge in [-0.15, -0.1) is 0 Å². The molecule has 0 fully saturated rings. The van der Waals surface area contributed by atoms with Crippen LogP contribution >= 0.6 is 11.6 Å². The normalized spacial score (nSPS) is 10.9. The Balaban J connectivity index is 1.83. The fraction of sp³-hybridized carbons (Fsp3) is 0. The van der Waals surface area contributed by atoms with Gasteiger partial charge in [-0.1, -0.05) is 29.8 Å². The molecule has 0 aliphatic carbocycles. The summed E-state index contributed by atoms with van der Waals surface area (Å²) in [6.45, 7) is 0. The monoisotopic (exact) mass is 431 g/mol. The van der Waals surface area contributed by atoms with Crippen LogP contribution in [0.1, 0.15) is 10.4 Å². The van der Waals surface area contributed by atoms with E-state index in [0.29, 0.717) is 10.7 Å². The van der Waals surface area contributed by atoms with Crippen LogP contribution in [-0.4, -0.2) is 19.2 Å². The number of amides is 1. The summed E-state index contributed by atoms with van der Waals surface area (Å²) >= 11 is 5.79. The van der Waals surface area contributed by atoms with Gasteiger partial charge in [0.2, 0.25) is 0 Å². The second-order valence-electron chi connectivity index (χ2n) is 5.87. The number of halogens is 1. The molecule has 3 rings (SSSR count). The maximum absolute atomic E-state index is 12.6. The number of benzene rings is 3. The van der Waals surface area contributed by atoms with Crippen molar-refractivity contribution in [1.29, 1.82) is 0 Å². The molecule has 0 unspecified atom stereocenters. The molecule has 29 heavy (non-hydrogen) atoms. The van der Waals surface area contributed by atoms with E-state index >= 15 is 0 Å². The van der Waals surface area contributed by atoms with Gasteiger partial charge in [0.1, 0.15) is 5.56 Å². The van der Waals surface area contributed by atoms with Crippen LogP contribution in [0.2, 0.25) is 5.02 Å². The van der Waals surface area contributed by atoms with Crippen LogP contribution < -0.4 is 10.0 Å². The van der Waals surface area contributed by atoms with Gasteiger partial charge in [0.05, 0.1) is 9.82 Å². The number of carbonyl (C=O) groups excluding carboxylic acids is 1. The highest BCUT2D eigenvalue weighted by Gasteiger charge is 2.20. The van der Waals surface area contributed by atoms with E-state index in [0.717, 1.165) is 0 Å². The molecule has 3 aromatic rings. The number of nitrogens with zero attached hydrogens (tertiary/aromatic N) is 1. The van der Waals surface area contributed by atoms with Crippen LogP contribution in [0.15, 0.2) is 77.7 Å². The average molecular weight is 432 g/mol. The molecule has 0 atom stereocenters. The van der Waals surface area contributed by atoms with Gasteiger partial charge in [0.25, 0.3) is 21.6 Å². The molecule has 3 aromatic carbocycles. The van der Waals surface area contributed by atoms with Gasteiger partial charge in [0, 0.05) is 22.5 Å². The second kappa shape index (κ2) is 8.29. The molecule has 0 saturated carbocycles. The zero-order chi connectivity index (χ0) is 21.0. The van der Waals surface area contributed by atoms with E-state index in [-0.39, 0.29) is 21.8 Å². The maximum Gasteiger partial charge on any atom is 0.282 e. The predicted octanol–water partition coefficient (Wildman–Crippen LogP) is 4.30. The van der Waals surface area contributed by atoms with Gasteiger partial charge in [-0.2, -0.15) is 0 Å². The Morgan fingerprint density at radius 1 is 0.931 bits per heavy atom. The summed E-state index contributed by atoms with van der Waals surface area (Å²) in [5, 5.41) is 14.0. The third-order valence-corrected chi connectivity index (χ3v) is 5.47. The third-order valence-electron chi connectivity index (χ3n) is 3.84. The van der Waals surface area contributed by atoms with E-state index < -0.39 is 20.9 Å². The summed E-state index contributed by atoms with van der Waals surface area (Å²) < 4.78 is 27.6. The number of anilines is 2. The lowest BCUT2D eigenvalue weighted by Gasteiger charge is -2.10. The van der Waals surface area contributed by atoms with E-state index in [2.05, 4.69) is 10.0 Å². The van der Waals surface area contributed by atoms with Crippen LogP contribution in [-0.2, 0) is 10.0 Å². The molecular formula is C19H14ClN3O5S. The molecular weight excluding hydrogens is 418 g/mol. The molecule has 10 heteroatoms. The van der Waals surface area contributed by atoms with E-state index in [1.807, 2.05) is 0 Å². The van der Waals surface area contributed by atoms with Crippen molar-refractivity contribution in [3.8, 4) is 0 Å². The molecule has 0 spiro atoms. The van der Waals surface area contributed by atoms with Crippen molar-refractivity contribution in [2.24, 2.45) is 0 Å². The van der Waals surface area contributed by atoms with Gasteiger partial charge in [-0.25, -0.2) is 8.42 Å². The predicted molar refractivity (Wildman–Crippen MR) is 110 cm³/mol. The number of nitro groups is 1. The highest BCUT2D eigenvalue weighted by atomic mass is 35.5. The molecule has 148 valence electrons.